The molecule has 3 N–H and O–H groups in total. The standard InChI is InChI=1S/C7H8BrN3O2/c8-5-1-2-9-6(3-5)10-11-7(13)4-12/h1-3,12H,4H2,(H,9,10)(H,11,13). The van der Waals surface area contributed by atoms with Crippen LogP contribution in [0.25, 0.3) is 0 Å². The number of carbonyl (C=O) groups excluding carboxylic acids is 1. The molecule has 0 saturated heterocycles. The van der Waals surface area contributed by atoms with Crippen LogP contribution in [0.5, 0.6) is 0 Å². The number of aromatic nitrogens is 1. The fourth-order valence-corrected chi connectivity index (χ4v) is 0.981. The second kappa shape index (κ2) is 4.78. The van der Waals surface area contributed by atoms with Gasteiger partial charge in [0.2, 0.25) is 0 Å². The zero-order chi connectivity index (χ0) is 9.68. The highest BCUT2D eigenvalue weighted by Crippen LogP contribution is 2.11. The molecule has 0 bridgehead atoms. The summed E-state index contributed by atoms with van der Waals surface area (Å²) in [6.45, 7) is -0.555. The van der Waals surface area contributed by atoms with Gasteiger partial charge in [0, 0.05) is 10.7 Å². The molecular weight excluding hydrogens is 238 g/mol. The number of rotatable bonds is 3. The monoisotopic (exact) mass is 245 g/mol. The number of aliphatic hydroxyl groups is 1. The molecule has 0 aliphatic heterocycles. The molecule has 1 rings (SSSR count). The Balaban J connectivity index is 2.50. The smallest absolute Gasteiger partial charge is 0.264 e. The molecule has 0 unspecified atom stereocenters. The molecule has 0 aliphatic carbocycles. The summed E-state index contributed by atoms with van der Waals surface area (Å²) in [5, 5.41) is 8.39. The van der Waals surface area contributed by atoms with Gasteiger partial charge in [-0.25, -0.2) is 4.98 Å². The number of halogens is 1. The normalized spacial score (nSPS) is 9.38. The van der Waals surface area contributed by atoms with E-state index in [0.717, 1.165) is 4.47 Å². The fourth-order valence-electron chi connectivity index (χ4n) is 0.646. The van der Waals surface area contributed by atoms with E-state index < -0.39 is 12.5 Å². The molecule has 5 nitrogen and oxygen atoms in total. The highest BCUT2D eigenvalue weighted by Gasteiger charge is 1.97. The van der Waals surface area contributed by atoms with Crippen molar-refractivity contribution in [2.45, 2.75) is 0 Å². The number of aliphatic hydroxyl groups excluding tert-OH is 1. The minimum atomic E-state index is -0.555. The Morgan fingerprint density at radius 1 is 1.69 bits per heavy atom. The number of pyridine rings is 1. The van der Waals surface area contributed by atoms with Gasteiger partial charge in [-0.15, -0.1) is 0 Å². The second-order valence-electron chi connectivity index (χ2n) is 2.19. The molecule has 0 saturated carbocycles. The lowest BCUT2D eigenvalue weighted by molar-refractivity contribution is -0.123. The number of hydrogen-bond acceptors (Lipinski definition) is 4. The van der Waals surface area contributed by atoms with Gasteiger partial charge in [-0.2, -0.15) is 0 Å². The lowest BCUT2D eigenvalue weighted by atomic mass is 10.5. The predicted octanol–water partition coefficient (Wildman–Crippen LogP) is 0.279. The van der Waals surface area contributed by atoms with Crippen molar-refractivity contribution >= 4 is 27.7 Å². The maximum Gasteiger partial charge on any atom is 0.264 e. The van der Waals surface area contributed by atoms with Gasteiger partial charge in [0.25, 0.3) is 5.91 Å². The molecule has 13 heavy (non-hydrogen) atoms. The predicted molar refractivity (Wildman–Crippen MR) is 50.8 cm³/mol. The first-order valence-electron chi connectivity index (χ1n) is 3.49. The minimum Gasteiger partial charge on any atom is -0.386 e. The van der Waals surface area contributed by atoms with Crippen LogP contribution in [0.2, 0.25) is 0 Å². The van der Waals surface area contributed by atoms with Crippen molar-refractivity contribution in [3.05, 3.63) is 22.8 Å². The van der Waals surface area contributed by atoms with Gasteiger partial charge < -0.3 is 5.11 Å². The summed E-state index contributed by atoms with van der Waals surface area (Å²) in [5.41, 5.74) is 4.79. The third kappa shape index (κ3) is 3.39. The minimum absolute atomic E-state index is 0.496. The quantitative estimate of drug-likeness (QED) is 0.669. The maximum absolute atomic E-state index is 10.6. The van der Waals surface area contributed by atoms with Crippen LogP contribution in [0, 0.1) is 0 Å². The number of anilines is 1. The van der Waals surface area contributed by atoms with Crippen molar-refractivity contribution in [3.8, 4) is 0 Å². The molecule has 6 heteroatoms. The number of nitrogens with one attached hydrogen (secondary N) is 2. The number of amides is 1. The molecule has 1 amide bonds. The molecule has 1 aromatic heterocycles. The summed E-state index contributed by atoms with van der Waals surface area (Å²) in [6.07, 6.45) is 1.58. The molecule has 0 radical (unpaired) electrons. The lowest BCUT2D eigenvalue weighted by Gasteiger charge is -2.05. The van der Waals surface area contributed by atoms with E-state index in [2.05, 4.69) is 31.8 Å². The van der Waals surface area contributed by atoms with Crippen molar-refractivity contribution in [1.82, 2.24) is 10.4 Å². The van der Waals surface area contributed by atoms with Gasteiger partial charge in [0.15, 0.2) is 0 Å². The van der Waals surface area contributed by atoms with Crippen LogP contribution in [0.15, 0.2) is 22.8 Å². The summed E-state index contributed by atoms with van der Waals surface area (Å²) in [4.78, 5) is 14.5. The Kier molecular flexibility index (Phi) is 3.66. The summed E-state index contributed by atoms with van der Waals surface area (Å²) in [6, 6.07) is 3.46. The summed E-state index contributed by atoms with van der Waals surface area (Å²) in [7, 11) is 0. The zero-order valence-electron chi connectivity index (χ0n) is 6.62. The average Bonchev–Trinajstić information content (AvgIpc) is 2.14. The molecule has 0 atom stereocenters. The Labute approximate surface area is 83.3 Å². The Morgan fingerprint density at radius 2 is 2.46 bits per heavy atom. The SMILES string of the molecule is O=C(CO)NNc1cc(Br)ccn1. The van der Waals surface area contributed by atoms with Gasteiger partial charge in [0.1, 0.15) is 12.4 Å². The first kappa shape index (κ1) is 9.94. The van der Waals surface area contributed by atoms with Crippen molar-refractivity contribution in [2.75, 3.05) is 12.0 Å². The lowest BCUT2D eigenvalue weighted by Crippen LogP contribution is -2.31. The van der Waals surface area contributed by atoms with E-state index in [0.29, 0.717) is 5.82 Å². The van der Waals surface area contributed by atoms with Crippen LogP contribution in [0.1, 0.15) is 0 Å². The molecule has 0 fully saturated rings. The summed E-state index contributed by atoms with van der Waals surface area (Å²) < 4.78 is 0.850. The van der Waals surface area contributed by atoms with E-state index in [-0.39, 0.29) is 0 Å². The van der Waals surface area contributed by atoms with E-state index >= 15 is 0 Å². The van der Waals surface area contributed by atoms with Gasteiger partial charge in [-0.1, -0.05) is 15.9 Å². The van der Waals surface area contributed by atoms with E-state index in [4.69, 9.17) is 5.11 Å². The summed E-state index contributed by atoms with van der Waals surface area (Å²) >= 11 is 3.24. The van der Waals surface area contributed by atoms with Crippen LogP contribution in [0.4, 0.5) is 5.82 Å². The molecule has 0 spiro atoms. The molecule has 0 aromatic carbocycles. The van der Waals surface area contributed by atoms with Gasteiger partial charge in [0.05, 0.1) is 0 Å². The van der Waals surface area contributed by atoms with E-state index in [1.54, 1.807) is 18.3 Å². The average molecular weight is 246 g/mol. The molecule has 1 heterocycles. The van der Waals surface area contributed by atoms with Crippen molar-refractivity contribution in [1.29, 1.82) is 0 Å². The molecule has 70 valence electrons. The summed E-state index contributed by atoms with van der Waals surface area (Å²) in [5.74, 6) is -0.0158. The molecular formula is C7H8BrN3O2. The largest absolute Gasteiger partial charge is 0.386 e. The number of hydrazine groups is 1. The van der Waals surface area contributed by atoms with Crippen LogP contribution in [-0.2, 0) is 4.79 Å². The molecule has 1 aromatic rings. The third-order valence-corrected chi connectivity index (χ3v) is 1.69. The van der Waals surface area contributed by atoms with Crippen LogP contribution >= 0.6 is 15.9 Å². The fraction of sp³-hybridized carbons (Fsp3) is 0.143. The van der Waals surface area contributed by atoms with E-state index in [1.807, 2.05) is 0 Å². The van der Waals surface area contributed by atoms with Crippen molar-refractivity contribution < 1.29 is 9.90 Å². The number of carbonyl (C=O) groups is 1. The Hall–Kier alpha value is -1.14. The first-order valence-corrected chi connectivity index (χ1v) is 4.29. The van der Waals surface area contributed by atoms with Gasteiger partial charge >= 0.3 is 0 Å². The second-order valence-corrected chi connectivity index (χ2v) is 3.11. The van der Waals surface area contributed by atoms with Gasteiger partial charge in [-0.3, -0.25) is 15.6 Å². The van der Waals surface area contributed by atoms with Crippen LogP contribution in [0.3, 0.4) is 0 Å². The third-order valence-electron chi connectivity index (χ3n) is 1.20. The van der Waals surface area contributed by atoms with Crippen molar-refractivity contribution in [2.24, 2.45) is 0 Å². The topological polar surface area (TPSA) is 74.2 Å². The Bertz CT molecular complexity index is 306. The van der Waals surface area contributed by atoms with E-state index in [9.17, 15) is 4.79 Å². The zero-order valence-corrected chi connectivity index (χ0v) is 8.21. The number of hydrogen-bond donors (Lipinski definition) is 3. The van der Waals surface area contributed by atoms with Crippen molar-refractivity contribution in [3.63, 3.8) is 0 Å². The van der Waals surface area contributed by atoms with Crippen LogP contribution in [-0.4, -0.2) is 22.6 Å². The Morgan fingerprint density at radius 3 is 3.08 bits per heavy atom. The number of nitrogens with zero attached hydrogens (tertiary/aromatic N) is 1. The van der Waals surface area contributed by atoms with E-state index in [1.165, 1.54) is 0 Å². The van der Waals surface area contributed by atoms with Gasteiger partial charge in [-0.05, 0) is 12.1 Å². The molecule has 0 aliphatic rings. The first-order chi connectivity index (χ1) is 6.22. The highest BCUT2D eigenvalue weighted by atomic mass is 79.9. The maximum atomic E-state index is 10.6. The van der Waals surface area contributed by atoms with Crippen LogP contribution < -0.4 is 10.9 Å². The highest BCUT2D eigenvalue weighted by molar-refractivity contribution is 9.10.